The van der Waals surface area contributed by atoms with Crippen molar-refractivity contribution in [3.8, 4) is 0 Å². The van der Waals surface area contributed by atoms with Crippen molar-refractivity contribution in [2.45, 2.75) is 22.5 Å². The highest BCUT2D eigenvalue weighted by molar-refractivity contribution is 7.99. The first-order valence-electron chi connectivity index (χ1n) is 8.80. The number of ether oxygens (including phenoxy) is 1. The average Bonchev–Trinajstić information content (AvgIpc) is 2.72. The summed E-state index contributed by atoms with van der Waals surface area (Å²) in [5.74, 6) is -0.434. The molecule has 4 rings (SSSR count). The van der Waals surface area contributed by atoms with Crippen LogP contribution in [-0.4, -0.2) is 13.1 Å². The van der Waals surface area contributed by atoms with Crippen LogP contribution in [0.25, 0.3) is 0 Å². The molecule has 0 aromatic heterocycles. The summed E-state index contributed by atoms with van der Waals surface area (Å²) < 4.78 is 44.6. The molecule has 0 bridgehead atoms. The molecular formula is C22H16F3NO2S. The second kappa shape index (κ2) is 7.48. The number of alkyl halides is 3. The third kappa shape index (κ3) is 3.82. The third-order valence-corrected chi connectivity index (χ3v) is 5.80. The molecule has 3 aromatic carbocycles. The Morgan fingerprint density at radius 3 is 2.34 bits per heavy atom. The number of halogens is 3. The summed E-state index contributed by atoms with van der Waals surface area (Å²) in [6.45, 7) is 0.368. The number of esters is 1. The standard InChI is InChI=1S/C22H16F3NO2S/c1-28-21(27)15-8-6-14(7-9-15)13-26-17-4-2-3-5-19(17)29-20-11-10-16(12-18(20)26)22(23,24)25/h2-12H,13H2,1H3. The summed E-state index contributed by atoms with van der Waals surface area (Å²) in [4.78, 5) is 15.3. The van der Waals surface area contributed by atoms with E-state index in [4.69, 9.17) is 4.74 Å². The molecule has 148 valence electrons. The number of rotatable bonds is 3. The van der Waals surface area contributed by atoms with Crippen molar-refractivity contribution in [2.75, 3.05) is 12.0 Å². The number of carbonyl (C=O) groups excluding carboxylic acids is 1. The first-order chi connectivity index (χ1) is 13.9. The van der Waals surface area contributed by atoms with E-state index in [-0.39, 0.29) is 0 Å². The summed E-state index contributed by atoms with van der Waals surface area (Å²) >= 11 is 1.46. The van der Waals surface area contributed by atoms with Gasteiger partial charge in [0.05, 0.1) is 29.6 Å². The SMILES string of the molecule is COC(=O)c1ccc(CN2c3ccccc3Sc3ccc(C(F)(F)F)cc32)cc1. The van der Waals surface area contributed by atoms with Crippen molar-refractivity contribution in [3.05, 3.63) is 83.4 Å². The average molecular weight is 415 g/mol. The van der Waals surface area contributed by atoms with Crippen molar-refractivity contribution in [1.82, 2.24) is 0 Å². The molecule has 1 aliphatic heterocycles. The summed E-state index contributed by atoms with van der Waals surface area (Å²) in [6, 6.07) is 18.3. The molecule has 0 saturated heterocycles. The molecule has 1 aliphatic rings. The van der Waals surface area contributed by atoms with Crippen molar-refractivity contribution in [1.29, 1.82) is 0 Å². The van der Waals surface area contributed by atoms with Crippen LogP contribution in [0.4, 0.5) is 24.5 Å². The maximum atomic E-state index is 13.3. The van der Waals surface area contributed by atoms with Crippen molar-refractivity contribution >= 4 is 29.1 Å². The zero-order valence-electron chi connectivity index (χ0n) is 15.4. The first-order valence-corrected chi connectivity index (χ1v) is 9.61. The molecular weight excluding hydrogens is 399 g/mol. The molecule has 3 aromatic rings. The van der Waals surface area contributed by atoms with Crippen LogP contribution in [0.3, 0.4) is 0 Å². The number of carbonyl (C=O) groups is 1. The lowest BCUT2D eigenvalue weighted by molar-refractivity contribution is -0.137. The lowest BCUT2D eigenvalue weighted by Crippen LogP contribution is -2.21. The maximum Gasteiger partial charge on any atom is 0.416 e. The first kappa shape index (κ1) is 19.4. The third-order valence-electron chi connectivity index (χ3n) is 4.67. The minimum absolute atomic E-state index is 0.368. The largest absolute Gasteiger partial charge is 0.465 e. The Hall–Kier alpha value is -2.93. The molecule has 0 amide bonds. The summed E-state index contributed by atoms with van der Waals surface area (Å²) in [5, 5.41) is 0. The van der Waals surface area contributed by atoms with Gasteiger partial charge in [-0.3, -0.25) is 0 Å². The van der Waals surface area contributed by atoms with Gasteiger partial charge in [-0.05, 0) is 48.0 Å². The Balaban J connectivity index is 1.75. The Labute approximate surface area is 170 Å². The molecule has 0 radical (unpaired) electrons. The minimum atomic E-state index is -4.41. The molecule has 0 unspecified atom stereocenters. The van der Waals surface area contributed by atoms with Crippen LogP contribution in [0.5, 0.6) is 0 Å². The Morgan fingerprint density at radius 2 is 1.66 bits per heavy atom. The molecule has 3 nitrogen and oxygen atoms in total. The van der Waals surface area contributed by atoms with Crippen LogP contribution in [0.1, 0.15) is 21.5 Å². The van der Waals surface area contributed by atoms with Crippen LogP contribution >= 0.6 is 11.8 Å². The lowest BCUT2D eigenvalue weighted by Gasteiger charge is -2.33. The molecule has 7 heteroatoms. The van der Waals surface area contributed by atoms with Gasteiger partial charge >= 0.3 is 12.1 Å². The smallest absolute Gasteiger partial charge is 0.416 e. The number of fused-ring (bicyclic) bond motifs is 2. The van der Waals surface area contributed by atoms with Gasteiger partial charge in [0, 0.05) is 16.3 Å². The summed E-state index contributed by atoms with van der Waals surface area (Å²) in [5.41, 5.74) is 1.97. The molecule has 0 saturated carbocycles. The highest BCUT2D eigenvalue weighted by Crippen LogP contribution is 2.50. The fraction of sp³-hybridized carbons (Fsp3) is 0.136. The van der Waals surface area contributed by atoms with Gasteiger partial charge in [-0.1, -0.05) is 36.0 Å². The van der Waals surface area contributed by atoms with Crippen molar-refractivity contribution < 1.29 is 22.7 Å². The molecule has 0 atom stereocenters. The van der Waals surface area contributed by atoms with E-state index in [0.29, 0.717) is 17.8 Å². The van der Waals surface area contributed by atoms with Gasteiger partial charge in [-0.2, -0.15) is 13.2 Å². The van der Waals surface area contributed by atoms with Crippen LogP contribution in [-0.2, 0) is 17.5 Å². The van der Waals surface area contributed by atoms with Gasteiger partial charge < -0.3 is 9.64 Å². The minimum Gasteiger partial charge on any atom is -0.465 e. The Morgan fingerprint density at radius 1 is 0.966 bits per heavy atom. The van der Waals surface area contributed by atoms with E-state index in [1.54, 1.807) is 24.3 Å². The molecule has 29 heavy (non-hydrogen) atoms. The predicted octanol–water partition coefficient (Wildman–Crippen LogP) is 6.29. The normalized spacial score (nSPS) is 12.9. The number of hydrogen-bond acceptors (Lipinski definition) is 4. The lowest BCUT2D eigenvalue weighted by atomic mass is 10.1. The number of nitrogens with zero attached hydrogens (tertiary/aromatic N) is 1. The van der Waals surface area contributed by atoms with Crippen LogP contribution in [0.2, 0.25) is 0 Å². The molecule has 0 N–H and O–H groups in total. The Kier molecular flexibility index (Phi) is 5.00. The van der Waals surface area contributed by atoms with Gasteiger partial charge in [0.25, 0.3) is 0 Å². The fourth-order valence-corrected chi connectivity index (χ4v) is 4.30. The second-order valence-electron chi connectivity index (χ2n) is 6.52. The zero-order chi connectivity index (χ0) is 20.6. The molecule has 1 heterocycles. The van der Waals surface area contributed by atoms with Crippen LogP contribution < -0.4 is 4.90 Å². The Bertz CT molecular complexity index is 1060. The molecule has 0 spiro atoms. The number of benzene rings is 3. The van der Waals surface area contributed by atoms with E-state index < -0.39 is 17.7 Å². The number of methoxy groups -OCH3 is 1. The molecule has 0 fully saturated rings. The van der Waals surface area contributed by atoms with E-state index in [1.165, 1.54) is 31.0 Å². The predicted molar refractivity (Wildman–Crippen MR) is 106 cm³/mol. The second-order valence-corrected chi connectivity index (χ2v) is 7.61. The van der Waals surface area contributed by atoms with E-state index in [9.17, 15) is 18.0 Å². The quantitative estimate of drug-likeness (QED) is 0.470. The number of hydrogen-bond donors (Lipinski definition) is 0. The van der Waals surface area contributed by atoms with E-state index in [0.717, 1.165) is 27.1 Å². The number of anilines is 2. The fourth-order valence-electron chi connectivity index (χ4n) is 3.22. The van der Waals surface area contributed by atoms with Gasteiger partial charge in [0.1, 0.15) is 0 Å². The van der Waals surface area contributed by atoms with Crippen molar-refractivity contribution in [3.63, 3.8) is 0 Å². The van der Waals surface area contributed by atoms with E-state index in [2.05, 4.69) is 0 Å². The zero-order valence-corrected chi connectivity index (χ0v) is 16.2. The van der Waals surface area contributed by atoms with Crippen LogP contribution in [0, 0.1) is 0 Å². The topological polar surface area (TPSA) is 29.5 Å². The number of para-hydroxylation sites is 1. The van der Waals surface area contributed by atoms with Gasteiger partial charge in [-0.25, -0.2) is 4.79 Å². The van der Waals surface area contributed by atoms with E-state index >= 15 is 0 Å². The van der Waals surface area contributed by atoms with Gasteiger partial charge in [0.2, 0.25) is 0 Å². The monoisotopic (exact) mass is 415 g/mol. The van der Waals surface area contributed by atoms with Crippen molar-refractivity contribution in [2.24, 2.45) is 0 Å². The highest BCUT2D eigenvalue weighted by atomic mass is 32.2. The maximum absolute atomic E-state index is 13.3. The van der Waals surface area contributed by atoms with Gasteiger partial charge in [0.15, 0.2) is 0 Å². The highest BCUT2D eigenvalue weighted by Gasteiger charge is 2.33. The van der Waals surface area contributed by atoms with Gasteiger partial charge in [-0.15, -0.1) is 0 Å². The summed E-state index contributed by atoms with van der Waals surface area (Å²) in [7, 11) is 1.31. The van der Waals surface area contributed by atoms with E-state index in [1.807, 2.05) is 29.2 Å². The summed E-state index contributed by atoms with van der Waals surface area (Å²) in [6.07, 6.45) is -4.41. The molecule has 0 aliphatic carbocycles. The van der Waals surface area contributed by atoms with Crippen LogP contribution in [0.15, 0.2) is 76.5 Å².